The molecule has 4 N–H and O–H groups in total. The number of hydrogen-bond acceptors (Lipinski definition) is 6. The van der Waals surface area contributed by atoms with Crippen molar-refractivity contribution in [1.29, 1.82) is 0 Å². The summed E-state index contributed by atoms with van der Waals surface area (Å²) in [6, 6.07) is 6.36. The molecule has 0 fully saturated rings. The van der Waals surface area contributed by atoms with Gasteiger partial charge in [0.2, 0.25) is 0 Å². The minimum atomic E-state index is -0.558. The van der Waals surface area contributed by atoms with E-state index < -0.39 is 22.2 Å². The Morgan fingerprint density at radius 3 is 1.03 bits per heavy atom. The van der Waals surface area contributed by atoms with Crippen molar-refractivity contribution >= 4 is 32.9 Å². The maximum Gasteiger partial charge on any atom is 0.266 e. The number of aryl methyl sites for hydroxylation is 4. The smallest absolute Gasteiger partial charge is 0.266 e. The first-order chi connectivity index (χ1) is 16.9. The van der Waals surface area contributed by atoms with Crippen LogP contribution in [0.5, 0.6) is 0 Å². The highest BCUT2D eigenvalue weighted by atomic mass is 16.2. The number of nitrogens with zero attached hydrogens (tertiary/aromatic N) is 2. The lowest BCUT2D eigenvalue weighted by Gasteiger charge is -2.14. The summed E-state index contributed by atoms with van der Waals surface area (Å²) < 4.78 is 2.17. The van der Waals surface area contributed by atoms with Crippen LogP contribution in [-0.2, 0) is 0 Å². The van der Waals surface area contributed by atoms with Gasteiger partial charge in [-0.3, -0.25) is 19.2 Å². The summed E-state index contributed by atoms with van der Waals surface area (Å²) in [6.45, 7) is 10.9. The number of rotatable bonds is 2. The predicted octanol–water partition coefficient (Wildman–Crippen LogP) is 2.91. The van der Waals surface area contributed by atoms with Crippen molar-refractivity contribution in [1.82, 2.24) is 9.13 Å². The van der Waals surface area contributed by atoms with Crippen LogP contribution in [0, 0.1) is 41.5 Å². The van der Waals surface area contributed by atoms with Crippen LogP contribution in [0.2, 0.25) is 0 Å². The summed E-state index contributed by atoms with van der Waals surface area (Å²) >= 11 is 0. The average Bonchev–Trinajstić information content (AvgIpc) is 3.20. The van der Waals surface area contributed by atoms with Crippen LogP contribution in [0.15, 0.2) is 43.4 Å². The Morgan fingerprint density at radius 2 is 0.750 bits per heavy atom. The summed E-state index contributed by atoms with van der Waals surface area (Å²) in [7, 11) is 0. The molecule has 0 bridgehead atoms. The summed E-state index contributed by atoms with van der Waals surface area (Å²) in [5.41, 5.74) is 16.4. The molecule has 0 aliphatic carbocycles. The third-order valence-electron chi connectivity index (χ3n) is 7.32. The number of anilines is 2. The van der Waals surface area contributed by atoms with E-state index in [0.717, 1.165) is 31.4 Å². The van der Waals surface area contributed by atoms with E-state index in [1.165, 1.54) is 12.1 Å². The first-order valence-corrected chi connectivity index (χ1v) is 11.5. The molecule has 8 nitrogen and oxygen atoms in total. The topological polar surface area (TPSA) is 130 Å². The molecule has 5 aromatic rings. The molecule has 0 amide bonds. The van der Waals surface area contributed by atoms with Crippen molar-refractivity contribution < 1.29 is 0 Å². The van der Waals surface area contributed by atoms with Crippen LogP contribution in [0.1, 0.15) is 33.4 Å². The Hall–Kier alpha value is -4.46. The summed E-state index contributed by atoms with van der Waals surface area (Å²) in [5.74, 6) is 0. The number of aromatic nitrogens is 2. The largest absolute Gasteiger partial charge is 0.398 e. The normalized spacial score (nSPS) is 11.7. The van der Waals surface area contributed by atoms with Gasteiger partial charge >= 0.3 is 0 Å². The Labute approximate surface area is 205 Å². The summed E-state index contributed by atoms with van der Waals surface area (Å²) in [4.78, 5) is 53.9. The lowest BCUT2D eigenvalue weighted by molar-refractivity contribution is 0.961. The van der Waals surface area contributed by atoms with Crippen LogP contribution < -0.4 is 33.7 Å². The zero-order valence-corrected chi connectivity index (χ0v) is 21.0. The van der Waals surface area contributed by atoms with E-state index in [4.69, 9.17) is 11.5 Å². The maximum atomic E-state index is 13.5. The van der Waals surface area contributed by atoms with Crippen LogP contribution in [0.3, 0.4) is 0 Å². The number of fused-ring (bicyclic) bond motifs is 2. The molecule has 2 aromatic heterocycles. The van der Waals surface area contributed by atoms with Gasteiger partial charge in [-0.1, -0.05) is 12.1 Å². The van der Waals surface area contributed by atoms with Crippen LogP contribution in [-0.4, -0.2) is 9.13 Å². The van der Waals surface area contributed by atoms with Gasteiger partial charge < -0.3 is 11.5 Å². The highest BCUT2D eigenvalue weighted by molar-refractivity contribution is 5.98. The molecule has 0 radical (unpaired) electrons. The summed E-state index contributed by atoms with van der Waals surface area (Å²) in [5, 5.41) is 0.321. The number of nitrogens with two attached hydrogens (primary N) is 2. The van der Waals surface area contributed by atoms with Crippen molar-refractivity contribution in [3.63, 3.8) is 0 Å². The van der Waals surface area contributed by atoms with E-state index in [1.54, 1.807) is 27.7 Å². The second-order valence-electron chi connectivity index (χ2n) is 9.63. The van der Waals surface area contributed by atoms with Gasteiger partial charge in [-0.2, -0.15) is 0 Å². The molecule has 2 heterocycles. The molecule has 0 aliphatic heterocycles. The van der Waals surface area contributed by atoms with Gasteiger partial charge in [0.15, 0.2) is 0 Å². The summed E-state index contributed by atoms with van der Waals surface area (Å²) in [6.07, 6.45) is 0. The molecule has 0 atom stereocenters. The van der Waals surface area contributed by atoms with Crippen molar-refractivity contribution in [2.45, 2.75) is 41.5 Å². The first kappa shape index (κ1) is 23.3. The molecule has 182 valence electrons. The van der Waals surface area contributed by atoms with Gasteiger partial charge in [-0.05, 0) is 87.1 Å². The lowest BCUT2D eigenvalue weighted by Crippen LogP contribution is -2.26. The molecule has 0 spiro atoms. The van der Waals surface area contributed by atoms with Crippen LogP contribution in [0.25, 0.3) is 32.9 Å². The van der Waals surface area contributed by atoms with E-state index in [9.17, 15) is 19.2 Å². The van der Waals surface area contributed by atoms with Crippen molar-refractivity contribution in [2.75, 3.05) is 11.5 Å². The molecule has 0 saturated heterocycles. The van der Waals surface area contributed by atoms with Crippen molar-refractivity contribution in [3.8, 4) is 11.4 Å². The molecule has 0 unspecified atom stereocenters. The first-order valence-electron chi connectivity index (χ1n) is 11.5. The van der Waals surface area contributed by atoms with Gasteiger partial charge in [0.1, 0.15) is 0 Å². The Morgan fingerprint density at radius 1 is 0.472 bits per heavy atom. The van der Waals surface area contributed by atoms with E-state index in [1.807, 2.05) is 26.0 Å². The second kappa shape index (κ2) is 7.52. The minimum absolute atomic E-state index is 0.0801. The molecule has 5 rings (SSSR count). The molecular weight excluding hydrogens is 456 g/mol. The second-order valence-corrected chi connectivity index (χ2v) is 9.63. The standard InChI is InChI=1S/C28H26N4O4/c1-11-7-13(3)23(15(5)21(11)29)31-25(33)17-9-19-20(10-18(17)26(31)34)28(36)32(27(19)35)24-14(4)8-12(2)22(30)16(24)6/h7-10H,29-30H2,1-6H3. The fraction of sp³-hybridized carbons (Fsp3) is 0.214. The van der Waals surface area contributed by atoms with Crippen molar-refractivity contribution in [2.24, 2.45) is 0 Å². The zero-order chi connectivity index (χ0) is 26.4. The molecule has 36 heavy (non-hydrogen) atoms. The fourth-order valence-corrected chi connectivity index (χ4v) is 5.45. The molecule has 3 aromatic carbocycles. The SMILES string of the molecule is Cc1cc(C)c(-n2c(=O)c3cc4c(=O)n(-c5c(C)cc(C)c(N)c5C)c(=O)c4cc3c2=O)c(C)c1N. The number of hydrogen-bond donors (Lipinski definition) is 2. The molecule has 8 heteroatoms. The highest BCUT2D eigenvalue weighted by Crippen LogP contribution is 2.29. The lowest BCUT2D eigenvalue weighted by atomic mass is 10.0. The van der Waals surface area contributed by atoms with E-state index in [0.29, 0.717) is 33.9 Å². The van der Waals surface area contributed by atoms with Crippen molar-refractivity contribution in [3.05, 3.63) is 99.1 Å². The Kier molecular flexibility index (Phi) is 4.86. The van der Waals surface area contributed by atoms with E-state index in [-0.39, 0.29) is 21.5 Å². The quantitative estimate of drug-likeness (QED) is 0.372. The molecule has 0 saturated carbocycles. The monoisotopic (exact) mass is 482 g/mol. The van der Waals surface area contributed by atoms with Gasteiger partial charge in [0.05, 0.1) is 32.9 Å². The predicted molar refractivity (Wildman–Crippen MR) is 145 cm³/mol. The maximum absolute atomic E-state index is 13.5. The van der Waals surface area contributed by atoms with Crippen LogP contribution >= 0.6 is 0 Å². The minimum Gasteiger partial charge on any atom is -0.398 e. The number of benzene rings is 3. The van der Waals surface area contributed by atoms with Gasteiger partial charge in [0, 0.05) is 11.4 Å². The zero-order valence-electron chi connectivity index (χ0n) is 21.0. The van der Waals surface area contributed by atoms with Gasteiger partial charge in [-0.15, -0.1) is 0 Å². The third-order valence-corrected chi connectivity index (χ3v) is 7.32. The molecular formula is C28H26N4O4. The molecule has 0 aliphatic rings. The highest BCUT2D eigenvalue weighted by Gasteiger charge is 2.24. The van der Waals surface area contributed by atoms with E-state index >= 15 is 0 Å². The third kappa shape index (κ3) is 2.87. The fourth-order valence-electron chi connectivity index (χ4n) is 5.45. The van der Waals surface area contributed by atoms with Crippen LogP contribution in [0.4, 0.5) is 11.4 Å². The van der Waals surface area contributed by atoms with Gasteiger partial charge in [0.25, 0.3) is 22.2 Å². The number of nitrogen functional groups attached to an aromatic ring is 2. The van der Waals surface area contributed by atoms with Gasteiger partial charge in [-0.25, -0.2) is 9.13 Å². The van der Waals surface area contributed by atoms with E-state index in [2.05, 4.69) is 0 Å². The Bertz CT molecular complexity index is 1780. The Balaban J connectivity index is 1.89. The average molecular weight is 483 g/mol.